The van der Waals surface area contributed by atoms with Crippen LogP contribution in [0, 0.1) is 0 Å². The molecule has 0 spiro atoms. The maximum Gasteiger partial charge on any atom is 0.156 e. The Bertz CT molecular complexity index is 673. The van der Waals surface area contributed by atoms with Crippen molar-refractivity contribution in [3.8, 4) is 0 Å². The van der Waals surface area contributed by atoms with Gasteiger partial charge in [0.05, 0.1) is 11.3 Å². The van der Waals surface area contributed by atoms with Gasteiger partial charge in [0.15, 0.2) is 5.84 Å². The lowest BCUT2D eigenvalue weighted by Crippen LogP contribution is -2.41. The predicted molar refractivity (Wildman–Crippen MR) is 133 cm³/mol. The van der Waals surface area contributed by atoms with Crippen LogP contribution in [0.15, 0.2) is 22.1 Å². The second-order valence-corrected chi connectivity index (χ2v) is 8.39. The third kappa shape index (κ3) is 7.25. The number of hydrogen-bond acceptors (Lipinski definition) is 12. The van der Waals surface area contributed by atoms with E-state index in [1.807, 2.05) is 19.2 Å². The number of hydrogen-bond donors (Lipinski definition) is 7. The summed E-state index contributed by atoms with van der Waals surface area (Å²) in [4.78, 5) is 3.20. The maximum atomic E-state index is 6.32. The summed E-state index contributed by atoms with van der Waals surface area (Å²) in [6.45, 7) is 3.07. The number of hydrazine groups is 1. The molecule has 1 aromatic carbocycles. The van der Waals surface area contributed by atoms with Gasteiger partial charge in [-0.3, -0.25) is 9.03 Å². The molecular weight excluding hydrogens is 444 g/mol. The van der Waals surface area contributed by atoms with Crippen LogP contribution >= 0.6 is 37.7 Å². The van der Waals surface area contributed by atoms with E-state index in [1.54, 1.807) is 4.31 Å². The summed E-state index contributed by atoms with van der Waals surface area (Å²) in [5, 5.41) is 4.04. The van der Waals surface area contributed by atoms with Crippen molar-refractivity contribution in [3.63, 3.8) is 0 Å². The highest BCUT2D eigenvalue weighted by molar-refractivity contribution is 7.98. The van der Waals surface area contributed by atoms with E-state index in [4.69, 9.17) is 33.2 Å². The van der Waals surface area contributed by atoms with Gasteiger partial charge in [-0.25, -0.2) is 21.6 Å². The summed E-state index contributed by atoms with van der Waals surface area (Å²) < 4.78 is 9.92. The van der Waals surface area contributed by atoms with Gasteiger partial charge in [-0.2, -0.15) is 13.5 Å². The third-order valence-electron chi connectivity index (χ3n) is 4.58. The lowest BCUT2D eigenvalue weighted by molar-refractivity contribution is 0.397. The fraction of sp³-hybridized carbons (Fsp3) is 0.562. The van der Waals surface area contributed by atoms with Gasteiger partial charge in [-0.1, -0.05) is 0 Å². The van der Waals surface area contributed by atoms with Gasteiger partial charge in [0.1, 0.15) is 12.2 Å². The number of rotatable bonds is 11. The van der Waals surface area contributed by atoms with Crippen molar-refractivity contribution in [2.45, 2.75) is 30.2 Å². The average Bonchev–Trinajstić information content (AvgIpc) is 2.71. The Hall–Kier alpha value is -1.10. The summed E-state index contributed by atoms with van der Waals surface area (Å²) in [6, 6.07) is 4.31. The standard InChI is InChI=1S/C16H32N10OS2.H2S/c1-25(29-27-21)15-13(28-22-8-2-7-17)4-3-12(14(15)16(19)23-24-20)26-9-5-11(18)6-10-26;/h3-4,11,22,24H,2,5-10,17-18,20-21H2,1H3,(H2,19,23);1H2. The number of hydrazone groups is 1. The lowest BCUT2D eigenvalue weighted by Gasteiger charge is -2.35. The van der Waals surface area contributed by atoms with Gasteiger partial charge in [0, 0.05) is 43.3 Å². The first kappa shape index (κ1) is 26.9. The molecule has 14 heteroatoms. The quantitative estimate of drug-likeness (QED) is 0.0418. The molecular formula is C16H34N10OS3. The molecule has 1 aromatic rings. The molecule has 0 bridgehead atoms. The van der Waals surface area contributed by atoms with Gasteiger partial charge in [-0.05, 0) is 49.9 Å². The first-order chi connectivity index (χ1) is 14.0. The van der Waals surface area contributed by atoms with Crippen LogP contribution in [0.5, 0.6) is 0 Å². The first-order valence-corrected chi connectivity index (χ1v) is 10.9. The minimum absolute atomic E-state index is 0. The summed E-state index contributed by atoms with van der Waals surface area (Å²) in [5.41, 5.74) is 22.8. The molecule has 0 radical (unpaired) electrons. The monoisotopic (exact) mass is 478 g/mol. The SMILES string of the molecule is CN(SON)c1c(SNCCCN)ccc(N2CCC(N)CC2)c1/C(N)=N/NN.S. The van der Waals surface area contributed by atoms with Crippen LogP contribution in [0.4, 0.5) is 11.4 Å². The highest BCUT2D eigenvalue weighted by Crippen LogP contribution is 2.40. The van der Waals surface area contributed by atoms with Crippen molar-refractivity contribution in [2.24, 2.45) is 34.0 Å². The molecule has 0 amide bonds. The number of nitrogens with one attached hydrogen (secondary N) is 2. The number of benzene rings is 1. The van der Waals surface area contributed by atoms with Crippen molar-refractivity contribution >= 4 is 54.9 Å². The Balaban J connectivity index is 0.00000450. The van der Waals surface area contributed by atoms with Crippen LogP contribution in [0.1, 0.15) is 24.8 Å². The first-order valence-electron chi connectivity index (χ1n) is 9.37. The van der Waals surface area contributed by atoms with Gasteiger partial charge < -0.3 is 22.1 Å². The van der Waals surface area contributed by atoms with Crippen LogP contribution in [-0.2, 0) is 4.28 Å². The van der Waals surface area contributed by atoms with Crippen LogP contribution in [-0.4, -0.2) is 45.1 Å². The molecule has 1 aliphatic rings. The highest BCUT2D eigenvalue weighted by Gasteiger charge is 2.26. The number of nitrogens with zero attached hydrogens (tertiary/aromatic N) is 3. The fourth-order valence-electron chi connectivity index (χ4n) is 3.14. The van der Waals surface area contributed by atoms with Crippen molar-refractivity contribution in [2.75, 3.05) is 42.4 Å². The van der Waals surface area contributed by atoms with Crippen LogP contribution in [0.3, 0.4) is 0 Å². The second-order valence-electron chi connectivity index (χ2n) is 6.56. The predicted octanol–water partition coefficient (Wildman–Crippen LogP) is -0.354. The number of anilines is 2. The molecule has 172 valence electrons. The zero-order chi connectivity index (χ0) is 21.2. The lowest BCUT2D eigenvalue weighted by atomic mass is 10.0. The molecule has 0 saturated carbocycles. The molecule has 1 heterocycles. The van der Waals surface area contributed by atoms with Gasteiger partial charge >= 0.3 is 0 Å². The Morgan fingerprint density at radius 2 is 2.07 bits per heavy atom. The second kappa shape index (κ2) is 14.1. The zero-order valence-electron chi connectivity index (χ0n) is 17.1. The Kier molecular flexibility index (Phi) is 12.6. The largest absolute Gasteiger partial charge is 0.382 e. The van der Waals surface area contributed by atoms with Crippen LogP contribution < -0.4 is 48.4 Å². The van der Waals surface area contributed by atoms with E-state index in [0.717, 1.165) is 73.0 Å². The molecule has 30 heavy (non-hydrogen) atoms. The summed E-state index contributed by atoms with van der Waals surface area (Å²) in [6.07, 6.45) is 2.70. The molecule has 1 fully saturated rings. The van der Waals surface area contributed by atoms with Gasteiger partial charge in [-0.15, -0.1) is 5.10 Å². The van der Waals surface area contributed by atoms with Crippen molar-refractivity contribution in [3.05, 3.63) is 17.7 Å². The maximum absolute atomic E-state index is 6.32. The molecule has 1 aliphatic heterocycles. The number of piperidine rings is 1. The Morgan fingerprint density at radius 1 is 1.37 bits per heavy atom. The average molecular weight is 479 g/mol. The molecule has 0 atom stereocenters. The normalized spacial score (nSPS) is 15.1. The minimum Gasteiger partial charge on any atom is -0.382 e. The molecule has 12 N–H and O–H groups in total. The molecule has 0 aliphatic carbocycles. The van der Waals surface area contributed by atoms with E-state index in [0.29, 0.717) is 6.54 Å². The molecule has 0 unspecified atom stereocenters. The van der Waals surface area contributed by atoms with Gasteiger partial charge in [0.25, 0.3) is 0 Å². The van der Waals surface area contributed by atoms with E-state index >= 15 is 0 Å². The smallest absolute Gasteiger partial charge is 0.156 e. The summed E-state index contributed by atoms with van der Waals surface area (Å²) in [5.74, 6) is 11.0. The van der Waals surface area contributed by atoms with E-state index < -0.39 is 0 Å². The molecule has 1 saturated heterocycles. The Morgan fingerprint density at radius 3 is 2.67 bits per heavy atom. The third-order valence-corrected chi connectivity index (χ3v) is 5.97. The van der Waals surface area contributed by atoms with E-state index in [2.05, 4.69) is 20.3 Å². The Labute approximate surface area is 193 Å². The van der Waals surface area contributed by atoms with Gasteiger partial charge in [0.2, 0.25) is 0 Å². The summed E-state index contributed by atoms with van der Waals surface area (Å²) in [7, 11) is 1.85. The zero-order valence-corrected chi connectivity index (χ0v) is 19.8. The molecule has 11 nitrogen and oxygen atoms in total. The molecule has 2 rings (SSSR count). The fourth-order valence-corrected chi connectivity index (χ4v) is 4.47. The highest BCUT2D eigenvalue weighted by atomic mass is 32.2. The summed E-state index contributed by atoms with van der Waals surface area (Å²) >= 11 is 2.49. The van der Waals surface area contributed by atoms with E-state index in [-0.39, 0.29) is 25.4 Å². The molecule has 0 aromatic heterocycles. The van der Waals surface area contributed by atoms with E-state index in [9.17, 15) is 0 Å². The van der Waals surface area contributed by atoms with Crippen LogP contribution in [0.25, 0.3) is 0 Å². The van der Waals surface area contributed by atoms with E-state index in [1.165, 1.54) is 11.9 Å². The number of amidine groups is 1. The topological polar surface area (TPSA) is 182 Å². The minimum atomic E-state index is 0. The van der Waals surface area contributed by atoms with Crippen molar-refractivity contribution in [1.82, 2.24) is 10.3 Å². The van der Waals surface area contributed by atoms with Crippen molar-refractivity contribution < 1.29 is 4.28 Å². The van der Waals surface area contributed by atoms with Crippen LogP contribution in [0.2, 0.25) is 0 Å². The van der Waals surface area contributed by atoms with Crippen molar-refractivity contribution in [1.29, 1.82) is 0 Å². The number of nitrogens with two attached hydrogens (primary N) is 5.